The van der Waals surface area contributed by atoms with Gasteiger partial charge in [0.15, 0.2) is 27.1 Å². The van der Waals surface area contributed by atoms with E-state index >= 15 is 0 Å². The number of hydrogen-bond acceptors (Lipinski definition) is 5. The second-order valence-electron chi connectivity index (χ2n) is 8.58. The maximum atomic E-state index is 12.8. The molecular weight excluding hydrogens is 392 g/mol. The van der Waals surface area contributed by atoms with Crippen molar-refractivity contribution in [2.24, 2.45) is 5.41 Å². The zero-order valence-electron chi connectivity index (χ0n) is 16.9. The molecule has 1 aromatic heterocycles. The lowest BCUT2D eigenvalue weighted by atomic mass is 9.91. The molecule has 0 spiro atoms. The van der Waals surface area contributed by atoms with E-state index in [2.05, 4.69) is 0 Å². The summed E-state index contributed by atoms with van der Waals surface area (Å²) in [6, 6.07) is 9.41. The van der Waals surface area contributed by atoms with Crippen molar-refractivity contribution in [2.75, 3.05) is 12.0 Å². The number of rotatable bonds is 4. The van der Waals surface area contributed by atoms with E-state index in [-0.39, 0.29) is 24.0 Å². The number of sulfone groups is 1. The maximum Gasteiger partial charge on any atom is 0.260 e. The van der Waals surface area contributed by atoms with Crippen LogP contribution in [0.15, 0.2) is 36.5 Å². The number of ether oxygens (including phenoxy) is 1. The standard InChI is InChI=1S/C21H24N2O5S/c1-21(2,3)15(24)11-22-10-14-12-29(26,27)20-18(28-4)19(25)23(20)17(14)16(22)13-8-6-5-7-9-13/h5-10,18,20H,11-12H2,1-4H3. The predicted molar refractivity (Wildman–Crippen MR) is 109 cm³/mol. The summed E-state index contributed by atoms with van der Waals surface area (Å²) >= 11 is 0. The molecular formula is C21H24N2O5S. The van der Waals surface area contributed by atoms with E-state index < -0.39 is 26.7 Å². The highest BCUT2D eigenvalue weighted by atomic mass is 32.2. The molecule has 2 aliphatic rings. The van der Waals surface area contributed by atoms with Crippen molar-refractivity contribution in [1.82, 2.24) is 4.57 Å². The number of carbonyl (C=O) groups excluding carboxylic acids is 2. The van der Waals surface area contributed by atoms with Gasteiger partial charge in [0.05, 0.1) is 23.7 Å². The summed E-state index contributed by atoms with van der Waals surface area (Å²) < 4.78 is 32.5. The van der Waals surface area contributed by atoms with Crippen molar-refractivity contribution >= 4 is 27.2 Å². The largest absolute Gasteiger partial charge is 0.368 e. The Kier molecular flexibility index (Phi) is 4.47. The van der Waals surface area contributed by atoms with Crippen molar-refractivity contribution in [3.05, 3.63) is 42.1 Å². The van der Waals surface area contributed by atoms with Gasteiger partial charge in [-0.05, 0) is 0 Å². The smallest absolute Gasteiger partial charge is 0.260 e. The summed E-state index contributed by atoms with van der Waals surface area (Å²) in [5, 5.41) is -1.02. The van der Waals surface area contributed by atoms with E-state index in [0.717, 1.165) is 5.56 Å². The number of benzene rings is 1. The van der Waals surface area contributed by atoms with Crippen LogP contribution in [0.1, 0.15) is 26.3 Å². The lowest BCUT2D eigenvalue weighted by Crippen LogP contribution is -2.70. The van der Waals surface area contributed by atoms with Gasteiger partial charge in [0.25, 0.3) is 5.91 Å². The molecule has 3 heterocycles. The minimum Gasteiger partial charge on any atom is -0.368 e. The number of nitrogens with zero attached hydrogens (tertiary/aromatic N) is 2. The monoisotopic (exact) mass is 416 g/mol. The minimum atomic E-state index is -3.59. The molecule has 0 radical (unpaired) electrons. The number of amides is 1. The molecule has 0 N–H and O–H groups in total. The predicted octanol–water partition coefficient (Wildman–Crippen LogP) is 2.39. The lowest BCUT2D eigenvalue weighted by molar-refractivity contribution is -0.136. The molecule has 1 fully saturated rings. The molecule has 1 aromatic carbocycles. The number of carbonyl (C=O) groups is 2. The first-order valence-electron chi connectivity index (χ1n) is 9.44. The zero-order chi connectivity index (χ0) is 21.1. The average molecular weight is 416 g/mol. The summed E-state index contributed by atoms with van der Waals surface area (Å²) in [6.07, 6.45) is 0.707. The van der Waals surface area contributed by atoms with Gasteiger partial charge in [0, 0.05) is 29.8 Å². The number of aromatic nitrogens is 1. The van der Waals surface area contributed by atoms with E-state index in [1.165, 1.54) is 12.0 Å². The molecule has 29 heavy (non-hydrogen) atoms. The Bertz CT molecular complexity index is 1100. The third kappa shape index (κ3) is 3.02. The molecule has 0 saturated carbocycles. The van der Waals surface area contributed by atoms with Crippen LogP contribution in [0.2, 0.25) is 0 Å². The molecule has 2 aromatic rings. The van der Waals surface area contributed by atoms with Crippen LogP contribution in [-0.2, 0) is 36.5 Å². The van der Waals surface area contributed by atoms with Crippen LogP contribution >= 0.6 is 0 Å². The average Bonchev–Trinajstić information content (AvgIpc) is 2.96. The van der Waals surface area contributed by atoms with Crippen LogP contribution in [0.5, 0.6) is 0 Å². The summed E-state index contributed by atoms with van der Waals surface area (Å²) in [4.78, 5) is 26.8. The van der Waals surface area contributed by atoms with Gasteiger partial charge in [-0.3, -0.25) is 14.5 Å². The van der Waals surface area contributed by atoms with E-state index in [1.54, 1.807) is 10.8 Å². The Morgan fingerprint density at radius 2 is 1.86 bits per heavy atom. The van der Waals surface area contributed by atoms with Crippen molar-refractivity contribution in [2.45, 2.75) is 44.5 Å². The molecule has 2 atom stereocenters. The first kappa shape index (κ1) is 19.8. The van der Waals surface area contributed by atoms with Crippen molar-refractivity contribution in [3.63, 3.8) is 0 Å². The van der Waals surface area contributed by atoms with Gasteiger partial charge in [0.2, 0.25) is 0 Å². The number of fused-ring (bicyclic) bond motifs is 3. The highest BCUT2D eigenvalue weighted by molar-refractivity contribution is 7.91. The summed E-state index contributed by atoms with van der Waals surface area (Å²) in [7, 11) is -2.25. The number of methoxy groups -OCH3 is 1. The van der Waals surface area contributed by atoms with Crippen molar-refractivity contribution < 1.29 is 22.7 Å². The van der Waals surface area contributed by atoms with Crippen molar-refractivity contribution in [1.29, 1.82) is 0 Å². The van der Waals surface area contributed by atoms with Crippen LogP contribution in [0, 0.1) is 5.41 Å². The molecule has 1 amide bonds. The lowest BCUT2D eigenvalue weighted by Gasteiger charge is -2.47. The van der Waals surface area contributed by atoms with E-state index in [4.69, 9.17) is 4.74 Å². The molecule has 1 saturated heterocycles. The molecule has 2 aliphatic heterocycles. The number of ketones is 1. The van der Waals surface area contributed by atoms with E-state index in [0.29, 0.717) is 16.9 Å². The van der Waals surface area contributed by atoms with Gasteiger partial charge in [0.1, 0.15) is 0 Å². The topological polar surface area (TPSA) is 85.7 Å². The normalized spacial score (nSPS) is 22.6. The number of Topliss-reactive ketones (excluding diaryl/α,β-unsaturated/α-hetero) is 1. The Labute approximate surface area is 170 Å². The minimum absolute atomic E-state index is 0.0196. The van der Waals surface area contributed by atoms with Gasteiger partial charge in [-0.15, -0.1) is 0 Å². The molecule has 7 nitrogen and oxygen atoms in total. The van der Waals surface area contributed by atoms with Gasteiger partial charge < -0.3 is 9.30 Å². The van der Waals surface area contributed by atoms with Crippen molar-refractivity contribution in [3.8, 4) is 11.3 Å². The molecule has 4 rings (SSSR count). The highest BCUT2D eigenvalue weighted by Crippen LogP contribution is 2.47. The molecule has 2 unspecified atom stereocenters. The van der Waals surface area contributed by atoms with E-state index in [9.17, 15) is 18.0 Å². The van der Waals surface area contributed by atoms with Crippen LogP contribution in [0.25, 0.3) is 11.3 Å². The highest BCUT2D eigenvalue weighted by Gasteiger charge is 2.59. The first-order valence-corrected chi connectivity index (χ1v) is 11.2. The molecule has 0 bridgehead atoms. The fraction of sp³-hybridized carbons (Fsp3) is 0.429. The third-order valence-electron chi connectivity index (χ3n) is 5.54. The molecule has 0 aliphatic carbocycles. The Balaban J connectivity index is 1.91. The number of anilines is 1. The molecule has 8 heteroatoms. The van der Waals surface area contributed by atoms with Crippen LogP contribution in [0.3, 0.4) is 0 Å². The fourth-order valence-corrected chi connectivity index (χ4v) is 5.89. The van der Waals surface area contributed by atoms with Gasteiger partial charge in [-0.25, -0.2) is 8.42 Å². The second-order valence-corrected chi connectivity index (χ2v) is 10.7. The maximum absolute atomic E-state index is 12.8. The molecule has 154 valence electrons. The van der Waals surface area contributed by atoms with Gasteiger partial charge in [-0.2, -0.15) is 0 Å². The number of β-lactam (4-membered cyclic amide) rings is 1. The van der Waals surface area contributed by atoms with Crippen LogP contribution in [0.4, 0.5) is 5.69 Å². The van der Waals surface area contributed by atoms with Crippen LogP contribution in [-0.4, -0.2) is 43.3 Å². The summed E-state index contributed by atoms with van der Waals surface area (Å²) in [5.74, 6) is -0.544. The van der Waals surface area contributed by atoms with Gasteiger partial charge in [-0.1, -0.05) is 51.1 Å². The summed E-state index contributed by atoms with van der Waals surface area (Å²) in [5.41, 5.74) is 2.06. The van der Waals surface area contributed by atoms with E-state index in [1.807, 2.05) is 51.1 Å². The quantitative estimate of drug-likeness (QED) is 0.715. The van der Waals surface area contributed by atoms with Gasteiger partial charge >= 0.3 is 0 Å². The fourth-order valence-electron chi connectivity index (χ4n) is 3.93. The second kappa shape index (κ2) is 6.53. The Hall–Kier alpha value is -2.45. The first-order chi connectivity index (χ1) is 13.6. The zero-order valence-corrected chi connectivity index (χ0v) is 17.7. The third-order valence-corrected chi connectivity index (χ3v) is 7.45. The number of hydrogen-bond donors (Lipinski definition) is 0. The Morgan fingerprint density at radius 1 is 1.21 bits per heavy atom. The van der Waals surface area contributed by atoms with Crippen LogP contribution < -0.4 is 4.90 Å². The summed E-state index contributed by atoms with van der Waals surface area (Å²) in [6.45, 7) is 5.65. The SMILES string of the molecule is COC1C(=O)N2c3c(cn(CC(=O)C(C)(C)C)c3-c3ccccc3)CS(=O)(=O)C12. The Morgan fingerprint density at radius 3 is 2.45 bits per heavy atom.